The molecule has 2 atom stereocenters. The number of likely N-dealkylation sites (N-methyl/N-ethyl adjacent to an activating group) is 1. The van der Waals surface area contributed by atoms with E-state index in [4.69, 9.17) is 17.3 Å². The molecule has 0 aliphatic carbocycles. The Balaban J connectivity index is 2.12. The second kappa shape index (κ2) is 6.28. The summed E-state index contributed by atoms with van der Waals surface area (Å²) >= 11 is 5.88. The van der Waals surface area contributed by atoms with Crippen LogP contribution in [0.4, 0.5) is 0 Å². The van der Waals surface area contributed by atoms with Crippen LogP contribution < -0.4 is 5.73 Å². The number of nitrogens with zero attached hydrogens (tertiary/aromatic N) is 3. The molecule has 21 heavy (non-hydrogen) atoms. The smallest absolute Gasteiger partial charge is 0.244 e. The normalized spacial score (nSPS) is 13.8. The lowest BCUT2D eigenvalue weighted by Gasteiger charge is -2.27. The van der Waals surface area contributed by atoms with Crippen LogP contribution in [-0.4, -0.2) is 27.6 Å². The van der Waals surface area contributed by atoms with Crippen LogP contribution in [0.25, 0.3) is 0 Å². The molecule has 1 aromatic heterocycles. The highest BCUT2D eigenvalue weighted by atomic mass is 35.5. The van der Waals surface area contributed by atoms with Gasteiger partial charge in [0.1, 0.15) is 6.04 Å². The van der Waals surface area contributed by atoms with Gasteiger partial charge in [-0.05, 0) is 24.6 Å². The van der Waals surface area contributed by atoms with E-state index in [0.29, 0.717) is 10.6 Å². The Hall–Kier alpha value is -1.85. The fourth-order valence-electron chi connectivity index (χ4n) is 2.12. The number of halogens is 1. The first-order valence-corrected chi connectivity index (χ1v) is 7.04. The van der Waals surface area contributed by atoms with Crippen molar-refractivity contribution in [3.8, 4) is 0 Å². The maximum Gasteiger partial charge on any atom is 0.244 e. The number of aryl methyl sites for hydroxylation is 1. The van der Waals surface area contributed by atoms with Crippen LogP contribution in [0.3, 0.4) is 0 Å². The van der Waals surface area contributed by atoms with Crippen LogP contribution in [-0.2, 0) is 11.8 Å². The van der Waals surface area contributed by atoms with Crippen LogP contribution in [0.5, 0.6) is 0 Å². The summed E-state index contributed by atoms with van der Waals surface area (Å²) in [5.41, 5.74) is 7.74. The first-order valence-electron chi connectivity index (χ1n) is 6.66. The topological polar surface area (TPSA) is 64.2 Å². The molecule has 0 aliphatic heterocycles. The van der Waals surface area contributed by atoms with Gasteiger partial charge in [-0.3, -0.25) is 9.48 Å². The fraction of sp³-hybridized carbons (Fsp3) is 0.333. The highest BCUT2D eigenvalue weighted by Gasteiger charge is 2.25. The second-order valence-corrected chi connectivity index (χ2v) is 5.54. The van der Waals surface area contributed by atoms with Gasteiger partial charge in [-0.25, -0.2) is 0 Å². The minimum Gasteiger partial charge on any atom is -0.337 e. The third kappa shape index (κ3) is 3.43. The Labute approximate surface area is 129 Å². The van der Waals surface area contributed by atoms with Crippen LogP contribution >= 0.6 is 11.6 Å². The summed E-state index contributed by atoms with van der Waals surface area (Å²) in [7, 11) is 3.54. The van der Waals surface area contributed by atoms with Crippen LogP contribution in [0.15, 0.2) is 36.7 Å². The van der Waals surface area contributed by atoms with Gasteiger partial charge < -0.3 is 10.6 Å². The first kappa shape index (κ1) is 15.5. The average Bonchev–Trinajstić information content (AvgIpc) is 2.91. The number of carbonyl (C=O) groups is 1. The lowest BCUT2D eigenvalue weighted by Crippen LogP contribution is -2.37. The molecule has 0 aliphatic rings. The van der Waals surface area contributed by atoms with E-state index in [1.165, 1.54) is 0 Å². The summed E-state index contributed by atoms with van der Waals surface area (Å²) in [4.78, 5) is 14.1. The number of benzene rings is 1. The van der Waals surface area contributed by atoms with Crippen molar-refractivity contribution in [1.29, 1.82) is 0 Å². The largest absolute Gasteiger partial charge is 0.337 e. The molecule has 112 valence electrons. The Morgan fingerprint density at radius 2 is 1.95 bits per heavy atom. The third-order valence-electron chi connectivity index (χ3n) is 3.63. The molecule has 2 aromatic rings. The van der Waals surface area contributed by atoms with Crippen molar-refractivity contribution in [3.05, 3.63) is 52.8 Å². The molecule has 0 bridgehead atoms. The van der Waals surface area contributed by atoms with E-state index in [2.05, 4.69) is 5.10 Å². The highest BCUT2D eigenvalue weighted by Crippen LogP contribution is 2.23. The van der Waals surface area contributed by atoms with Gasteiger partial charge in [0.25, 0.3) is 0 Å². The fourth-order valence-corrected chi connectivity index (χ4v) is 2.24. The first-order chi connectivity index (χ1) is 9.90. The van der Waals surface area contributed by atoms with Crippen molar-refractivity contribution in [2.75, 3.05) is 7.05 Å². The van der Waals surface area contributed by atoms with E-state index in [9.17, 15) is 4.79 Å². The van der Waals surface area contributed by atoms with Gasteiger partial charge >= 0.3 is 0 Å². The minimum atomic E-state index is -0.710. The maximum atomic E-state index is 12.5. The summed E-state index contributed by atoms with van der Waals surface area (Å²) in [5, 5.41) is 4.72. The van der Waals surface area contributed by atoms with Gasteiger partial charge in [0.2, 0.25) is 5.91 Å². The van der Waals surface area contributed by atoms with Gasteiger partial charge in [0.05, 0.1) is 12.2 Å². The van der Waals surface area contributed by atoms with Crippen LogP contribution in [0.1, 0.15) is 30.1 Å². The number of nitrogens with two attached hydrogens (primary N) is 1. The quantitative estimate of drug-likeness (QED) is 0.942. The SMILES string of the molecule is CC(c1ccc(Cl)cc1)N(C)C(=O)C(N)c1cnn(C)c1. The van der Waals surface area contributed by atoms with E-state index < -0.39 is 6.04 Å². The second-order valence-electron chi connectivity index (χ2n) is 5.10. The van der Waals surface area contributed by atoms with E-state index >= 15 is 0 Å². The van der Waals surface area contributed by atoms with Crippen molar-refractivity contribution in [3.63, 3.8) is 0 Å². The molecule has 1 heterocycles. The standard InChI is InChI=1S/C15H19ClN4O/c1-10(11-4-6-13(16)7-5-11)20(3)15(21)14(17)12-8-18-19(2)9-12/h4-10,14H,17H2,1-3H3. The van der Waals surface area contributed by atoms with Crippen molar-refractivity contribution < 1.29 is 4.79 Å². The highest BCUT2D eigenvalue weighted by molar-refractivity contribution is 6.30. The number of rotatable bonds is 4. The number of carbonyl (C=O) groups excluding carboxylic acids is 1. The van der Waals surface area contributed by atoms with Gasteiger partial charge in [0.15, 0.2) is 0 Å². The number of hydrogen-bond acceptors (Lipinski definition) is 3. The predicted octanol–water partition coefficient (Wildman–Crippen LogP) is 2.29. The molecule has 1 amide bonds. The molecule has 1 aromatic carbocycles. The van der Waals surface area contributed by atoms with Gasteiger partial charge in [-0.1, -0.05) is 23.7 Å². The molecule has 0 fully saturated rings. The zero-order valence-corrected chi connectivity index (χ0v) is 13.1. The monoisotopic (exact) mass is 306 g/mol. The number of hydrogen-bond donors (Lipinski definition) is 1. The number of amides is 1. The van der Waals surface area contributed by atoms with Crippen LogP contribution in [0, 0.1) is 0 Å². The third-order valence-corrected chi connectivity index (χ3v) is 3.88. The van der Waals surface area contributed by atoms with E-state index in [0.717, 1.165) is 5.56 Å². The molecule has 0 saturated heterocycles. The minimum absolute atomic E-state index is 0.0857. The van der Waals surface area contributed by atoms with Crippen molar-refractivity contribution in [1.82, 2.24) is 14.7 Å². The van der Waals surface area contributed by atoms with Gasteiger partial charge in [-0.15, -0.1) is 0 Å². The van der Waals surface area contributed by atoms with E-state index in [-0.39, 0.29) is 11.9 Å². The molecule has 2 rings (SSSR count). The molecule has 0 radical (unpaired) electrons. The predicted molar refractivity (Wildman–Crippen MR) is 82.8 cm³/mol. The lowest BCUT2D eigenvalue weighted by molar-refractivity contribution is -0.133. The lowest BCUT2D eigenvalue weighted by atomic mass is 10.1. The van der Waals surface area contributed by atoms with Crippen molar-refractivity contribution >= 4 is 17.5 Å². The Bertz CT molecular complexity index is 623. The zero-order chi connectivity index (χ0) is 15.6. The maximum absolute atomic E-state index is 12.5. The summed E-state index contributed by atoms with van der Waals surface area (Å²) in [6.07, 6.45) is 3.37. The Morgan fingerprint density at radius 3 is 2.48 bits per heavy atom. The Morgan fingerprint density at radius 1 is 1.33 bits per heavy atom. The molecule has 0 spiro atoms. The van der Waals surface area contributed by atoms with E-state index in [1.807, 2.05) is 31.2 Å². The zero-order valence-electron chi connectivity index (χ0n) is 12.3. The number of aromatic nitrogens is 2. The molecule has 6 heteroatoms. The molecule has 0 saturated carbocycles. The average molecular weight is 307 g/mol. The summed E-state index contributed by atoms with van der Waals surface area (Å²) in [6.45, 7) is 1.96. The molecule has 5 nitrogen and oxygen atoms in total. The molecular formula is C15H19ClN4O. The van der Waals surface area contributed by atoms with E-state index in [1.54, 1.807) is 36.1 Å². The summed E-state index contributed by atoms with van der Waals surface area (Å²) in [6, 6.07) is 6.65. The van der Waals surface area contributed by atoms with Gasteiger partial charge in [-0.2, -0.15) is 5.10 Å². The van der Waals surface area contributed by atoms with Crippen molar-refractivity contribution in [2.45, 2.75) is 19.0 Å². The molecular weight excluding hydrogens is 288 g/mol. The Kier molecular flexibility index (Phi) is 4.65. The molecule has 2 N–H and O–H groups in total. The van der Waals surface area contributed by atoms with Gasteiger partial charge in [0, 0.05) is 30.9 Å². The van der Waals surface area contributed by atoms with Crippen molar-refractivity contribution in [2.24, 2.45) is 12.8 Å². The summed E-state index contributed by atoms with van der Waals surface area (Å²) < 4.78 is 1.63. The summed E-state index contributed by atoms with van der Waals surface area (Å²) in [5.74, 6) is -0.148. The van der Waals surface area contributed by atoms with Crippen LogP contribution in [0.2, 0.25) is 5.02 Å². The molecule has 2 unspecified atom stereocenters.